The Morgan fingerprint density at radius 3 is 2.41 bits per heavy atom. The fourth-order valence-electron chi connectivity index (χ4n) is 6.26. The highest BCUT2D eigenvalue weighted by Crippen LogP contribution is 2.33. The number of hydrogen-bond acceptors (Lipinski definition) is 8. The van der Waals surface area contributed by atoms with Crippen molar-refractivity contribution in [2.45, 2.75) is 76.3 Å². The number of piperidine rings is 2. The highest BCUT2D eigenvalue weighted by atomic mass is 32.2. The largest absolute Gasteiger partial charge is 0.364 e. The van der Waals surface area contributed by atoms with Crippen molar-refractivity contribution in [2.24, 2.45) is 5.73 Å². The van der Waals surface area contributed by atoms with Gasteiger partial charge in [-0.1, -0.05) is 25.0 Å². The lowest BCUT2D eigenvalue weighted by Gasteiger charge is -2.36. The molecule has 0 bridgehead atoms. The van der Waals surface area contributed by atoms with E-state index in [-0.39, 0.29) is 17.5 Å². The number of benzene rings is 1. The maximum atomic E-state index is 12.1. The molecule has 1 aromatic heterocycles. The first-order valence-corrected chi connectivity index (χ1v) is 16.0. The molecule has 1 atom stereocenters. The van der Waals surface area contributed by atoms with E-state index in [1.165, 1.54) is 63.4 Å². The van der Waals surface area contributed by atoms with Gasteiger partial charge in [0.2, 0.25) is 10.0 Å². The molecule has 3 heterocycles. The SMILES string of the molecule is CCS(=O)(=O)NC1CCCN(c2cnc(C(N)=O)c(Nc3ccc(C4CCN(C5CCCC5)CC4)cc3)n2)C1. The van der Waals surface area contributed by atoms with E-state index >= 15 is 0 Å². The smallest absolute Gasteiger partial charge is 0.271 e. The van der Waals surface area contributed by atoms with Gasteiger partial charge in [0.25, 0.3) is 5.91 Å². The van der Waals surface area contributed by atoms with Crippen LogP contribution in [0.5, 0.6) is 0 Å². The molecule has 11 heteroatoms. The average Bonchev–Trinajstić information content (AvgIpc) is 3.49. The number of anilines is 3. The second-order valence-corrected chi connectivity index (χ2v) is 13.1. The Bertz CT molecular complexity index is 1240. The molecule has 0 radical (unpaired) electrons. The minimum Gasteiger partial charge on any atom is -0.364 e. The molecular formula is C28H41N7O3S. The third kappa shape index (κ3) is 6.88. The predicted molar refractivity (Wildman–Crippen MR) is 154 cm³/mol. The van der Waals surface area contributed by atoms with Crippen LogP contribution in [-0.2, 0) is 10.0 Å². The number of likely N-dealkylation sites (tertiary alicyclic amines) is 1. The molecule has 2 aliphatic heterocycles. The number of aromatic nitrogens is 2. The Morgan fingerprint density at radius 2 is 1.74 bits per heavy atom. The summed E-state index contributed by atoms with van der Waals surface area (Å²) in [5.74, 6) is 0.832. The normalized spacial score (nSPS) is 21.8. The van der Waals surface area contributed by atoms with Crippen LogP contribution in [0.15, 0.2) is 30.5 Å². The summed E-state index contributed by atoms with van der Waals surface area (Å²) >= 11 is 0. The molecule has 10 nitrogen and oxygen atoms in total. The van der Waals surface area contributed by atoms with E-state index in [9.17, 15) is 13.2 Å². The van der Waals surface area contributed by atoms with Crippen LogP contribution < -0.4 is 20.7 Å². The van der Waals surface area contributed by atoms with Gasteiger partial charge in [-0.25, -0.2) is 23.1 Å². The summed E-state index contributed by atoms with van der Waals surface area (Å²) in [6.45, 7) is 5.19. The Balaban J connectivity index is 1.25. The molecule has 2 aromatic rings. The first-order chi connectivity index (χ1) is 18.8. The average molecular weight is 556 g/mol. The summed E-state index contributed by atoms with van der Waals surface area (Å²) in [5, 5.41) is 3.25. The van der Waals surface area contributed by atoms with Crippen molar-refractivity contribution < 1.29 is 13.2 Å². The Labute approximate surface area is 231 Å². The van der Waals surface area contributed by atoms with Crippen molar-refractivity contribution in [1.29, 1.82) is 0 Å². The van der Waals surface area contributed by atoms with Crippen LogP contribution in [0.4, 0.5) is 17.3 Å². The van der Waals surface area contributed by atoms with Crippen LogP contribution >= 0.6 is 0 Å². The lowest BCUT2D eigenvalue weighted by molar-refractivity contribution is 0.0996. The number of primary amides is 1. The zero-order valence-corrected chi connectivity index (χ0v) is 23.6. The summed E-state index contributed by atoms with van der Waals surface area (Å²) in [6.07, 6.45) is 11.0. The molecule has 4 N–H and O–H groups in total. The first-order valence-electron chi connectivity index (χ1n) is 14.3. The van der Waals surface area contributed by atoms with Crippen molar-refractivity contribution in [3.63, 3.8) is 0 Å². The molecule has 3 fully saturated rings. The van der Waals surface area contributed by atoms with Gasteiger partial charge < -0.3 is 20.9 Å². The summed E-state index contributed by atoms with van der Waals surface area (Å²) in [6, 6.07) is 8.96. The lowest BCUT2D eigenvalue weighted by Crippen LogP contribution is -2.48. The van der Waals surface area contributed by atoms with E-state index in [4.69, 9.17) is 10.7 Å². The standard InChI is InChI=1S/C28H41N7O3S/c1-2-39(37,38)33-23-6-5-15-35(19-23)25-18-30-26(27(29)36)28(32-25)31-22-11-9-20(10-12-22)21-13-16-34(17-14-21)24-7-3-4-8-24/h9-12,18,21,23-24,33H,2-8,13-17,19H2,1H3,(H2,29,36)(H,31,32). The van der Waals surface area contributed by atoms with Gasteiger partial charge in [0.15, 0.2) is 11.5 Å². The monoisotopic (exact) mass is 555 g/mol. The van der Waals surface area contributed by atoms with Crippen LogP contribution in [0.2, 0.25) is 0 Å². The highest BCUT2D eigenvalue weighted by molar-refractivity contribution is 7.89. The lowest BCUT2D eigenvalue weighted by atomic mass is 9.88. The molecule has 1 amide bonds. The van der Waals surface area contributed by atoms with Gasteiger partial charge >= 0.3 is 0 Å². The van der Waals surface area contributed by atoms with Crippen LogP contribution in [0, 0.1) is 0 Å². The molecule has 1 unspecified atom stereocenters. The summed E-state index contributed by atoms with van der Waals surface area (Å²) < 4.78 is 26.9. The van der Waals surface area contributed by atoms with Crippen LogP contribution in [0.1, 0.15) is 80.3 Å². The quantitative estimate of drug-likeness (QED) is 0.429. The number of nitrogens with one attached hydrogen (secondary N) is 2. The summed E-state index contributed by atoms with van der Waals surface area (Å²) in [4.78, 5) is 25.8. The molecular weight excluding hydrogens is 514 g/mol. The number of nitrogens with zero attached hydrogens (tertiary/aromatic N) is 4. The molecule has 5 rings (SSSR count). The van der Waals surface area contributed by atoms with Gasteiger partial charge in [-0.3, -0.25) is 4.79 Å². The maximum Gasteiger partial charge on any atom is 0.271 e. The minimum atomic E-state index is -3.30. The summed E-state index contributed by atoms with van der Waals surface area (Å²) in [7, 11) is -3.30. The van der Waals surface area contributed by atoms with Crippen molar-refractivity contribution in [1.82, 2.24) is 19.6 Å². The van der Waals surface area contributed by atoms with Gasteiger partial charge in [-0.15, -0.1) is 0 Å². The fourth-order valence-corrected chi connectivity index (χ4v) is 7.13. The first kappa shape index (κ1) is 27.8. The van der Waals surface area contributed by atoms with Crippen molar-refractivity contribution in [3.8, 4) is 0 Å². The predicted octanol–water partition coefficient (Wildman–Crippen LogP) is 3.35. The zero-order chi connectivity index (χ0) is 27.4. The number of nitrogens with two attached hydrogens (primary N) is 1. The van der Waals surface area contributed by atoms with E-state index in [1.807, 2.05) is 17.0 Å². The van der Waals surface area contributed by atoms with E-state index in [2.05, 4.69) is 32.1 Å². The molecule has 0 spiro atoms. The third-order valence-corrected chi connectivity index (χ3v) is 9.93. The molecule has 1 saturated carbocycles. The minimum absolute atomic E-state index is 0.0448. The van der Waals surface area contributed by atoms with Crippen LogP contribution in [0.3, 0.4) is 0 Å². The Hall–Kier alpha value is -2.76. The number of hydrogen-bond donors (Lipinski definition) is 3. The third-order valence-electron chi connectivity index (χ3n) is 8.48. The molecule has 1 aromatic carbocycles. The highest BCUT2D eigenvalue weighted by Gasteiger charge is 2.28. The van der Waals surface area contributed by atoms with Gasteiger partial charge in [0.05, 0.1) is 11.9 Å². The molecule has 39 heavy (non-hydrogen) atoms. The number of rotatable bonds is 9. The number of amides is 1. The van der Waals surface area contributed by atoms with Crippen LogP contribution in [0.25, 0.3) is 0 Å². The van der Waals surface area contributed by atoms with Crippen LogP contribution in [-0.4, -0.2) is 73.2 Å². The van der Waals surface area contributed by atoms with Crippen molar-refractivity contribution in [3.05, 3.63) is 41.7 Å². The number of carbonyl (C=O) groups is 1. The summed E-state index contributed by atoms with van der Waals surface area (Å²) in [5.41, 5.74) is 7.83. The topological polar surface area (TPSA) is 134 Å². The van der Waals surface area contributed by atoms with E-state index < -0.39 is 15.9 Å². The molecule has 1 aliphatic carbocycles. The molecule has 2 saturated heterocycles. The fraction of sp³-hybridized carbons (Fsp3) is 0.607. The number of sulfonamides is 1. The van der Waals surface area contributed by atoms with E-state index in [0.717, 1.165) is 31.1 Å². The molecule has 212 valence electrons. The Morgan fingerprint density at radius 1 is 1.03 bits per heavy atom. The maximum absolute atomic E-state index is 12.1. The number of carbonyl (C=O) groups excluding carboxylic acids is 1. The van der Waals surface area contributed by atoms with Crippen molar-refractivity contribution in [2.75, 3.05) is 42.1 Å². The Kier molecular flexibility index (Phi) is 8.68. The van der Waals surface area contributed by atoms with Gasteiger partial charge in [-0.2, -0.15) is 0 Å². The second kappa shape index (κ2) is 12.2. The van der Waals surface area contributed by atoms with E-state index in [0.29, 0.717) is 24.1 Å². The second-order valence-electron chi connectivity index (χ2n) is 11.1. The van der Waals surface area contributed by atoms with Gasteiger partial charge in [-0.05, 0) is 82.2 Å². The van der Waals surface area contributed by atoms with Crippen molar-refractivity contribution >= 4 is 33.3 Å². The van der Waals surface area contributed by atoms with Gasteiger partial charge in [0, 0.05) is 30.9 Å². The van der Waals surface area contributed by atoms with Gasteiger partial charge in [0.1, 0.15) is 5.82 Å². The molecule has 3 aliphatic rings. The zero-order valence-electron chi connectivity index (χ0n) is 22.8. The van der Waals surface area contributed by atoms with E-state index in [1.54, 1.807) is 6.92 Å².